The molecular weight excluding hydrogens is 276 g/mol. The second kappa shape index (κ2) is 7.25. The Morgan fingerprint density at radius 2 is 2.00 bits per heavy atom. The van der Waals surface area contributed by atoms with Crippen LogP contribution in [0.25, 0.3) is 0 Å². The smallest absolute Gasteiger partial charge is 0.319 e. The second-order valence-corrected chi connectivity index (χ2v) is 4.24. The lowest BCUT2D eigenvalue weighted by atomic mass is 10.1. The zero-order valence-corrected chi connectivity index (χ0v) is 11.0. The normalized spacial score (nSPS) is 18.3. The topological polar surface area (TPSA) is 53.2 Å². The first-order valence-electron chi connectivity index (χ1n) is 5.89. The van der Waals surface area contributed by atoms with Gasteiger partial charge in [0.25, 0.3) is 0 Å². The summed E-state index contributed by atoms with van der Waals surface area (Å²) in [7, 11) is 0. The van der Waals surface area contributed by atoms with Gasteiger partial charge in [-0.15, -0.1) is 12.4 Å². The summed E-state index contributed by atoms with van der Waals surface area (Å²) in [6.45, 7) is 1.61. The Balaban J connectivity index is 0.00000180. The number of urea groups is 1. The lowest BCUT2D eigenvalue weighted by Crippen LogP contribution is -2.47. The van der Waals surface area contributed by atoms with Gasteiger partial charge in [0.2, 0.25) is 0 Å². The van der Waals surface area contributed by atoms with E-state index in [2.05, 4.69) is 16.0 Å². The molecule has 1 aromatic carbocycles. The summed E-state index contributed by atoms with van der Waals surface area (Å²) in [6, 6.07) is 2.85. The van der Waals surface area contributed by atoms with Crippen LogP contribution in [0.5, 0.6) is 0 Å². The Bertz CT molecular complexity index is 419. The maximum absolute atomic E-state index is 13.3. The van der Waals surface area contributed by atoms with Crippen molar-refractivity contribution >= 4 is 24.1 Å². The van der Waals surface area contributed by atoms with E-state index in [0.717, 1.165) is 31.5 Å². The van der Waals surface area contributed by atoms with E-state index in [9.17, 15) is 13.6 Å². The second-order valence-electron chi connectivity index (χ2n) is 4.24. The van der Waals surface area contributed by atoms with Gasteiger partial charge in [-0.3, -0.25) is 0 Å². The van der Waals surface area contributed by atoms with Crippen LogP contribution in [0.3, 0.4) is 0 Å². The van der Waals surface area contributed by atoms with Crippen molar-refractivity contribution in [2.45, 2.75) is 18.9 Å². The number of nitrogens with one attached hydrogen (secondary N) is 3. The molecule has 1 aliphatic heterocycles. The van der Waals surface area contributed by atoms with Gasteiger partial charge in [0, 0.05) is 12.6 Å². The summed E-state index contributed by atoms with van der Waals surface area (Å²) in [4.78, 5) is 11.6. The highest BCUT2D eigenvalue weighted by Gasteiger charge is 2.17. The van der Waals surface area contributed by atoms with E-state index >= 15 is 0 Å². The van der Waals surface area contributed by atoms with Crippen LogP contribution in [-0.2, 0) is 0 Å². The van der Waals surface area contributed by atoms with Crippen molar-refractivity contribution in [2.24, 2.45) is 0 Å². The standard InChI is InChI=1S/C12H15F2N3O.ClH/c13-9-4-1-5-10(14)11(9)17-12(18)16-8-3-2-6-15-7-8;/h1,4-5,8,15H,2-3,6-7H2,(H2,16,17,18);1H/t8-;/m0./s1. The first-order valence-corrected chi connectivity index (χ1v) is 5.89. The van der Waals surface area contributed by atoms with E-state index in [0.29, 0.717) is 6.54 Å². The third-order valence-corrected chi connectivity index (χ3v) is 2.83. The van der Waals surface area contributed by atoms with Crippen LogP contribution in [0.1, 0.15) is 12.8 Å². The lowest BCUT2D eigenvalue weighted by molar-refractivity contribution is 0.245. The molecule has 0 radical (unpaired) electrons. The third-order valence-electron chi connectivity index (χ3n) is 2.83. The molecule has 0 spiro atoms. The SMILES string of the molecule is Cl.O=C(Nc1c(F)cccc1F)N[C@H]1CCCNC1. The molecule has 19 heavy (non-hydrogen) atoms. The van der Waals surface area contributed by atoms with Crippen LogP contribution in [0.4, 0.5) is 19.3 Å². The molecule has 1 aliphatic rings. The Labute approximate surface area is 116 Å². The molecule has 7 heteroatoms. The van der Waals surface area contributed by atoms with Crippen molar-refractivity contribution in [1.82, 2.24) is 10.6 Å². The highest BCUT2D eigenvalue weighted by Crippen LogP contribution is 2.17. The van der Waals surface area contributed by atoms with Crippen LogP contribution in [0.2, 0.25) is 0 Å². The highest BCUT2D eigenvalue weighted by molar-refractivity contribution is 5.89. The van der Waals surface area contributed by atoms with Crippen LogP contribution in [-0.4, -0.2) is 25.2 Å². The van der Waals surface area contributed by atoms with Crippen molar-refractivity contribution in [1.29, 1.82) is 0 Å². The van der Waals surface area contributed by atoms with E-state index in [-0.39, 0.29) is 18.4 Å². The molecule has 1 fully saturated rings. The number of benzene rings is 1. The summed E-state index contributed by atoms with van der Waals surface area (Å²) in [6.07, 6.45) is 1.83. The van der Waals surface area contributed by atoms with E-state index in [4.69, 9.17) is 0 Å². The Hall–Kier alpha value is -1.40. The minimum absolute atomic E-state index is 0. The van der Waals surface area contributed by atoms with Gasteiger partial charge in [0.15, 0.2) is 0 Å². The van der Waals surface area contributed by atoms with Crippen LogP contribution in [0, 0.1) is 11.6 Å². The fourth-order valence-electron chi connectivity index (χ4n) is 1.93. The molecule has 2 rings (SSSR count). The largest absolute Gasteiger partial charge is 0.334 e. The molecule has 1 atom stereocenters. The zero-order valence-electron chi connectivity index (χ0n) is 10.2. The van der Waals surface area contributed by atoms with Gasteiger partial charge in [-0.2, -0.15) is 0 Å². The molecule has 3 N–H and O–H groups in total. The summed E-state index contributed by atoms with van der Waals surface area (Å²) < 4.78 is 26.6. The number of hydrogen-bond acceptors (Lipinski definition) is 2. The summed E-state index contributed by atoms with van der Waals surface area (Å²) in [5, 5.41) is 8.01. The number of anilines is 1. The predicted octanol–water partition coefficient (Wildman–Crippen LogP) is 2.26. The van der Waals surface area contributed by atoms with Gasteiger partial charge in [0.05, 0.1) is 0 Å². The van der Waals surface area contributed by atoms with Gasteiger partial charge < -0.3 is 16.0 Å². The molecule has 1 aromatic rings. The highest BCUT2D eigenvalue weighted by atomic mass is 35.5. The fraction of sp³-hybridized carbons (Fsp3) is 0.417. The fourth-order valence-corrected chi connectivity index (χ4v) is 1.93. The molecule has 1 saturated heterocycles. The van der Waals surface area contributed by atoms with E-state index in [1.165, 1.54) is 6.07 Å². The molecule has 0 aromatic heterocycles. The van der Waals surface area contributed by atoms with Crippen molar-refractivity contribution in [3.8, 4) is 0 Å². The maximum Gasteiger partial charge on any atom is 0.319 e. The number of carbonyl (C=O) groups excluding carboxylic acids is 1. The first kappa shape index (κ1) is 15.7. The Morgan fingerprint density at radius 3 is 2.58 bits per heavy atom. The van der Waals surface area contributed by atoms with Gasteiger partial charge in [-0.05, 0) is 31.5 Å². The van der Waals surface area contributed by atoms with Crippen LogP contribution >= 0.6 is 12.4 Å². The van der Waals surface area contributed by atoms with Crippen molar-refractivity contribution in [3.05, 3.63) is 29.8 Å². The number of amides is 2. The molecule has 0 saturated carbocycles. The van der Waals surface area contributed by atoms with Gasteiger partial charge in [0.1, 0.15) is 17.3 Å². The van der Waals surface area contributed by atoms with Crippen molar-refractivity contribution < 1.29 is 13.6 Å². The molecule has 106 valence electrons. The average Bonchev–Trinajstić information content (AvgIpc) is 2.35. The number of para-hydroxylation sites is 1. The van der Waals surface area contributed by atoms with Gasteiger partial charge >= 0.3 is 6.03 Å². The number of rotatable bonds is 2. The molecular formula is C12H16ClF2N3O. The monoisotopic (exact) mass is 291 g/mol. The zero-order chi connectivity index (χ0) is 13.0. The third kappa shape index (κ3) is 4.33. The van der Waals surface area contributed by atoms with E-state index in [1.807, 2.05) is 0 Å². The quantitative estimate of drug-likeness (QED) is 0.783. The minimum atomic E-state index is -0.785. The van der Waals surface area contributed by atoms with Gasteiger partial charge in [-0.1, -0.05) is 6.07 Å². The van der Waals surface area contributed by atoms with E-state index in [1.54, 1.807) is 0 Å². The number of hydrogen-bond donors (Lipinski definition) is 3. The van der Waals surface area contributed by atoms with Crippen LogP contribution in [0.15, 0.2) is 18.2 Å². The van der Waals surface area contributed by atoms with Gasteiger partial charge in [-0.25, -0.2) is 13.6 Å². The predicted molar refractivity (Wildman–Crippen MR) is 71.7 cm³/mol. The Kier molecular flexibility index (Phi) is 5.98. The number of carbonyl (C=O) groups is 1. The van der Waals surface area contributed by atoms with Crippen LogP contribution < -0.4 is 16.0 Å². The summed E-state index contributed by atoms with van der Waals surface area (Å²) >= 11 is 0. The summed E-state index contributed by atoms with van der Waals surface area (Å²) in [5.41, 5.74) is -0.418. The van der Waals surface area contributed by atoms with E-state index < -0.39 is 23.4 Å². The average molecular weight is 292 g/mol. The number of piperidine rings is 1. The lowest BCUT2D eigenvalue weighted by Gasteiger charge is -2.23. The minimum Gasteiger partial charge on any atom is -0.334 e. The first-order chi connectivity index (χ1) is 8.66. The molecule has 4 nitrogen and oxygen atoms in total. The molecule has 1 heterocycles. The Morgan fingerprint density at radius 1 is 1.32 bits per heavy atom. The molecule has 0 unspecified atom stereocenters. The number of halogens is 3. The molecule has 0 aliphatic carbocycles. The van der Waals surface area contributed by atoms with Crippen molar-refractivity contribution in [3.63, 3.8) is 0 Å². The maximum atomic E-state index is 13.3. The van der Waals surface area contributed by atoms with Crippen molar-refractivity contribution in [2.75, 3.05) is 18.4 Å². The summed E-state index contributed by atoms with van der Waals surface area (Å²) in [5.74, 6) is -1.57. The molecule has 2 amide bonds. The molecule has 0 bridgehead atoms.